The monoisotopic (exact) mass is 278 g/mol. The average molecular weight is 278 g/mol. The van der Waals surface area contributed by atoms with Gasteiger partial charge in [-0.1, -0.05) is 0 Å². The number of aromatic nitrogens is 2. The van der Waals surface area contributed by atoms with Gasteiger partial charge in [0.25, 0.3) is 0 Å². The number of carbonyl (C=O) groups is 1. The molecule has 0 saturated carbocycles. The van der Waals surface area contributed by atoms with Gasteiger partial charge in [-0.15, -0.1) is 0 Å². The lowest BCUT2D eigenvalue weighted by atomic mass is 10.1. The quantitative estimate of drug-likeness (QED) is 0.913. The lowest BCUT2D eigenvalue weighted by molar-refractivity contribution is 0.0977. The Hall–Kier alpha value is -1.85. The van der Waals surface area contributed by atoms with Crippen LogP contribution in [0.2, 0.25) is 0 Å². The highest BCUT2D eigenvalue weighted by Crippen LogP contribution is 2.17. The molecule has 1 aromatic heterocycles. The maximum absolute atomic E-state index is 11.8. The van der Waals surface area contributed by atoms with Crippen LogP contribution in [0.25, 0.3) is 0 Å². The molecule has 1 saturated heterocycles. The lowest BCUT2D eigenvalue weighted by Crippen LogP contribution is -2.48. The minimum absolute atomic E-state index is 0.0000520. The van der Waals surface area contributed by atoms with E-state index in [0.29, 0.717) is 24.8 Å². The van der Waals surface area contributed by atoms with Gasteiger partial charge in [0, 0.05) is 24.8 Å². The number of nitrogens with zero attached hydrogens (tertiary/aromatic N) is 3. The number of hydrogen-bond acceptors (Lipinski definition) is 4. The van der Waals surface area contributed by atoms with Gasteiger partial charge in [0.2, 0.25) is 5.88 Å². The molecule has 0 aromatic carbocycles. The van der Waals surface area contributed by atoms with E-state index in [2.05, 4.69) is 15.3 Å². The van der Waals surface area contributed by atoms with Crippen LogP contribution in [0.1, 0.15) is 31.3 Å². The Morgan fingerprint density at radius 2 is 2.30 bits per heavy atom. The smallest absolute Gasteiger partial charge is 0.317 e. The molecule has 0 aliphatic carbocycles. The SMILES string of the molecule is CCNC(=O)N1CCC[C@H](Oc2cc(C)nc(C)n2)C1. The van der Waals surface area contributed by atoms with Crippen molar-refractivity contribution in [1.29, 1.82) is 0 Å². The number of urea groups is 1. The topological polar surface area (TPSA) is 67.4 Å². The fourth-order valence-electron chi connectivity index (χ4n) is 2.40. The molecule has 1 atom stereocenters. The summed E-state index contributed by atoms with van der Waals surface area (Å²) in [5.41, 5.74) is 0.892. The Bertz CT molecular complexity index is 458. The van der Waals surface area contributed by atoms with E-state index in [-0.39, 0.29) is 12.1 Å². The van der Waals surface area contributed by atoms with E-state index < -0.39 is 0 Å². The first-order valence-electron chi connectivity index (χ1n) is 7.10. The molecule has 1 fully saturated rings. The third-order valence-corrected chi connectivity index (χ3v) is 3.22. The fourth-order valence-corrected chi connectivity index (χ4v) is 2.40. The molecule has 0 radical (unpaired) electrons. The summed E-state index contributed by atoms with van der Waals surface area (Å²) in [5, 5.41) is 2.82. The average Bonchev–Trinajstić information content (AvgIpc) is 2.38. The molecule has 6 heteroatoms. The number of likely N-dealkylation sites (tertiary alicyclic amines) is 1. The Morgan fingerprint density at radius 3 is 3.00 bits per heavy atom. The molecule has 1 N–H and O–H groups in total. The normalized spacial score (nSPS) is 18.8. The van der Waals surface area contributed by atoms with Gasteiger partial charge in [0.1, 0.15) is 11.9 Å². The zero-order valence-corrected chi connectivity index (χ0v) is 12.3. The maximum atomic E-state index is 11.8. The van der Waals surface area contributed by atoms with E-state index in [0.717, 1.165) is 25.1 Å². The van der Waals surface area contributed by atoms with Crippen LogP contribution in [0.15, 0.2) is 6.07 Å². The van der Waals surface area contributed by atoms with E-state index in [1.165, 1.54) is 0 Å². The van der Waals surface area contributed by atoms with Crippen molar-refractivity contribution in [2.24, 2.45) is 0 Å². The van der Waals surface area contributed by atoms with E-state index in [9.17, 15) is 4.79 Å². The molecule has 1 aliphatic rings. The minimum atomic E-state index is -0.0177. The number of rotatable bonds is 3. The van der Waals surface area contributed by atoms with E-state index in [1.807, 2.05) is 26.8 Å². The Labute approximate surface area is 119 Å². The lowest BCUT2D eigenvalue weighted by Gasteiger charge is -2.32. The number of hydrogen-bond donors (Lipinski definition) is 1. The molecule has 2 rings (SSSR count). The van der Waals surface area contributed by atoms with Crippen molar-refractivity contribution in [3.8, 4) is 5.88 Å². The van der Waals surface area contributed by atoms with Crippen LogP contribution in [0.5, 0.6) is 5.88 Å². The summed E-state index contributed by atoms with van der Waals surface area (Å²) in [4.78, 5) is 22.2. The van der Waals surface area contributed by atoms with Gasteiger partial charge >= 0.3 is 6.03 Å². The summed E-state index contributed by atoms with van der Waals surface area (Å²) in [6.45, 7) is 7.72. The molecule has 20 heavy (non-hydrogen) atoms. The third-order valence-electron chi connectivity index (χ3n) is 3.22. The zero-order valence-electron chi connectivity index (χ0n) is 12.3. The van der Waals surface area contributed by atoms with Gasteiger partial charge in [0.15, 0.2) is 0 Å². The maximum Gasteiger partial charge on any atom is 0.317 e. The molecule has 6 nitrogen and oxygen atoms in total. The van der Waals surface area contributed by atoms with Crippen molar-refractivity contribution < 1.29 is 9.53 Å². The van der Waals surface area contributed by atoms with Crippen molar-refractivity contribution in [1.82, 2.24) is 20.2 Å². The van der Waals surface area contributed by atoms with Crippen LogP contribution in [-0.2, 0) is 0 Å². The molecule has 0 bridgehead atoms. The standard InChI is InChI=1S/C14H22N4O2/c1-4-15-14(19)18-7-5-6-12(9-18)20-13-8-10(2)16-11(3)17-13/h8,12H,4-7,9H2,1-3H3,(H,15,19)/t12-/m0/s1. The number of nitrogens with one attached hydrogen (secondary N) is 1. The van der Waals surface area contributed by atoms with Gasteiger partial charge in [0.05, 0.1) is 6.54 Å². The van der Waals surface area contributed by atoms with Crippen molar-refractivity contribution in [3.63, 3.8) is 0 Å². The van der Waals surface area contributed by atoms with Crippen LogP contribution in [0, 0.1) is 13.8 Å². The fraction of sp³-hybridized carbons (Fsp3) is 0.643. The predicted molar refractivity (Wildman–Crippen MR) is 75.8 cm³/mol. The molecule has 0 unspecified atom stereocenters. The van der Waals surface area contributed by atoms with Crippen LogP contribution in [0.4, 0.5) is 4.79 Å². The summed E-state index contributed by atoms with van der Waals surface area (Å²) in [7, 11) is 0. The van der Waals surface area contributed by atoms with Crippen molar-refractivity contribution in [3.05, 3.63) is 17.6 Å². The number of ether oxygens (including phenoxy) is 1. The summed E-state index contributed by atoms with van der Waals surface area (Å²) >= 11 is 0. The molecule has 1 aromatic rings. The van der Waals surface area contributed by atoms with Crippen LogP contribution < -0.4 is 10.1 Å². The number of piperidine rings is 1. The van der Waals surface area contributed by atoms with Crippen molar-refractivity contribution in [2.45, 2.75) is 39.7 Å². The molecule has 1 aliphatic heterocycles. The highest BCUT2D eigenvalue weighted by atomic mass is 16.5. The van der Waals surface area contributed by atoms with Gasteiger partial charge in [-0.25, -0.2) is 9.78 Å². The first kappa shape index (κ1) is 14.6. The molecule has 0 spiro atoms. The highest BCUT2D eigenvalue weighted by Gasteiger charge is 2.24. The van der Waals surface area contributed by atoms with E-state index >= 15 is 0 Å². The first-order valence-corrected chi connectivity index (χ1v) is 7.10. The third kappa shape index (κ3) is 3.82. The zero-order chi connectivity index (χ0) is 14.5. The summed E-state index contributed by atoms with van der Waals surface area (Å²) in [6.07, 6.45) is 1.89. The van der Waals surface area contributed by atoms with Crippen LogP contribution in [-0.4, -0.2) is 46.6 Å². The second kappa shape index (κ2) is 6.54. The molecule has 2 amide bonds. The second-order valence-corrected chi connectivity index (χ2v) is 5.06. The largest absolute Gasteiger partial charge is 0.472 e. The Balaban J connectivity index is 1.97. The molecular weight excluding hydrogens is 256 g/mol. The van der Waals surface area contributed by atoms with Crippen molar-refractivity contribution >= 4 is 6.03 Å². The van der Waals surface area contributed by atoms with Crippen molar-refractivity contribution in [2.75, 3.05) is 19.6 Å². The number of aryl methyl sites for hydroxylation is 2. The van der Waals surface area contributed by atoms with Gasteiger partial charge < -0.3 is 15.0 Å². The van der Waals surface area contributed by atoms with Crippen LogP contribution >= 0.6 is 0 Å². The van der Waals surface area contributed by atoms with E-state index in [4.69, 9.17) is 4.74 Å². The predicted octanol–water partition coefficient (Wildman–Crippen LogP) is 1.67. The highest BCUT2D eigenvalue weighted by molar-refractivity contribution is 5.74. The molecule has 110 valence electrons. The first-order chi connectivity index (χ1) is 9.58. The van der Waals surface area contributed by atoms with Crippen LogP contribution in [0.3, 0.4) is 0 Å². The van der Waals surface area contributed by atoms with Gasteiger partial charge in [-0.2, -0.15) is 4.98 Å². The summed E-state index contributed by atoms with van der Waals surface area (Å²) < 4.78 is 5.90. The van der Waals surface area contributed by atoms with Gasteiger partial charge in [-0.3, -0.25) is 0 Å². The number of carbonyl (C=O) groups excluding carboxylic acids is 1. The van der Waals surface area contributed by atoms with Gasteiger partial charge in [-0.05, 0) is 33.6 Å². The second-order valence-electron chi connectivity index (χ2n) is 5.06. The molecule has 2 heterocycles. The summed E-state index contributed by atoms with van der Waals surface area (Å²) in [6, 6.07) is 1.81. The van der Waals surface area contributed by atoms with E-state index in [1.54, 1.807) is 4.90 Å². The molecular formula is C14H22N4O2. The Morgan fingerprint density at radius 1 is 1.50 bits per heavy atom. The summed E-state index contributed by atoms with van der Waals surface area (Å²) in [5.74, 6) is 1.30. The number of amides is 2. The minimum Gasteiger partial charge on any atom is -0.472 e. The Kier molecular flexibility index (Phi) is 4.76.